The summed E-state index contributed by atoms with van der Waals surface area (Å²) in [5, 5.41) is 8.37. The van der Waals surface area contributed by atoms with Crippen molar-refractivity contribution in [2.24, 2.45) is 0 Å². The van der Waals surface area contributed by atoms with Crippen LogP contribution in [-0.2, 0) is 19.6 Å². The third-order valence-electron chi connectivity index (χ3n) is 7.51. The Bertz CT molecular complexity index is 1880. The summed E-state index contributed by atoms with van der Waals surface area (Å²) in [6.07, 6.45) is 3.95. The largest absolute Gasteiger partial charge is 0.444 e. The molecule has 3 N–H and O–H groups in total. The van der Waals surface area contributed by atoms with E-state index in [0.717, 1.165) is 0 Å². The van der Waals surface area contributed by atoms with E-state index in [1.54, 1.807) is 63.2 Å². The molecule has 2 heterocycles. The summed E-state index contributed by atoms with van der Waals surface area (Å²) in [5.74, 6) is -5.14. The number of para-hydroxylation sites is 1. The molecule has 11 nitrogen and oxygen atoms in total. The highest BCUT2D eigenvalue weighted by atomic mass is 35.5. The van der Waals surface area contributed by atoms with E-state index in [4.69, 9.17) is 16.3 Å². The van der Waals surface area contributed by atoms with Crippen LogP contribution < -0.4 is 16.0 Å². The Morgan fingerprint density at radius 3 is 2.45 bits per heavy atom. The molecular weight excluding hydrogens is 654 g/mol. The van der Waals surface area contributed by atoms with E-state index >= 15 is 0 Å². The van der Waals surface area contributed by atoms with Crippen LogP contribution in [-0.4, -0.2) is 64.5 Å². The highest BCUT2D eigenvalue weighted by Gasteiger charge is 2.41. The highest BCUT2D eigenvalue weighted by molar-refractivity contribution is 7.90. The van der Waals surface area contributed by atoms with Gasteiger partial charge in [-0.25, -0.2) is 27.2 Å². The number of rotatable bonds is 9. The Labute approximate surface area is 276 Å². The lowest BCUT2D eigenvalue weighted by molar-refractivity contribution is -0.145. The Morgan fingerprint density at radius 1 is 1.04 bits per heavy atom. The smallest absolute Gasteiger partial charge is 0.407 e. The summed E-state index contributed by atoms with van der Waals surface area (Å²) < 4.78 is 62.4. The molecule has 47 heavy (non-hydrogen) atoms. The van der Waals surface area contributed by atoms with Gasteiger partial charge in [-0.15, -0.1) is 0 Å². The fraction of sp³-hybridized carbons (Fsp3) is 0.375. The van der Waals surface area contributed by atoms with Crippen molar-refractivity contribution in [2.45, 2.75) is 75.0 Å². The van der Waals surface area contributed by atoms with Crippen molar-refractivity contribution in [3.63, 3.8) is 0 Å². The number of hydrogen-bond acceptors (Lipinski definition) is 8. The molecule has 250 valence electrons. The number of anilines is 1. The van der Waals surface area contributed by atoms with E-state index < -0.39 is 46.1 Å². The fourth-order valence-corrected chi connectivity index (χ4v) is 6.96. The molecule has 0 radical (unpaired) electrons. The lowest BCUT2D eigenvalue weighted by Gasteiger charge is -2.31. The van der Waals surface area contributed by atoms with Gasteiger partial charge in [0, 0.05) is 29.2 Å². The Balaban J connectivity index is 1.30. The van der Waals surface area contributed by atoms with Gasteiger partial charge in [-0.1, -0.05) is 48.0 Å². The number of hydrogen-bond donors (Lipinski definition) is 3. The van der Waals surface area contributed by atoms with Crippen molar-refractivity contribution in [2.75, 3.05) is 11.9 Å². The number of amides is 2. The second-order valence-corrected chi connectivity index (χ2v) is 14.5. The number of alkyl carbamates (subject to hydrolysis) is 1. The topological polar surface area (TPSA) is 144 Å². The van der Waals surface area contributed by atoms with Gasteiger partial charge in [0.05, 0.1) is 33.9 Å². The average Bonchev–Trinajstić information content (AvgIpc) is 3.41. The third kappa shape index (κ3) is 7.99. The molecule has 1 saturated carbocycles. The summed E-state index contributed by atoms with van der Waals surface area (Å²) in [6.45, 7) is 3.59. The quantitative estimate of drug-likeness (QED) is 0.195. The van der Waals surface area contributed by atoms with Gasteiger partial charge in [-0.05, 0) is 64.7 Å². The summed E-state index contributed by atoms with van der Waals surface area (Å²) in [6, 6.07) is 14.2. The third-order valence-corrected chi connectivity index (χ3v) is 9.47. The molecule has 1 fully saturated rings. The maximum Gasteiger partial charge on any atom is 0.407 e. The predicted octanol–water partition coefficient (Wildman–Crippen LogP) is 5.99. The van der Waals surface area contributed by atoms with Gasteiger partial charge in [-0.2, -0.15) is 8.78 Å². The summed E-state index contributed by atoms with van der Waals surface area (Å²) in [7, 11) is -3.94. The molecule has 5 rings (SSSR count). The molecule has 2 amide bonds. The molecule has 0 unspecified atom stereocenters. The van der Waals surface area contributed by atoms with E-state index in [1.807, 2.05) is 5.32 Å². The van der Waals surface area contributed by atoms with E-state index in [0.29, 0.717) is 47.8 Å². The second kappa shape index (κ2) is 13.4. The average molecular weight is 689 g/mol. The van der Waals surface area contributed by atoms with E-state index in [1.165, 1.54) is 28.5 Å². The van der Waals surface area contributed by atoms with Crippen LogP contribution in [0.3, 0.4) is 0 Å². The van der Waals surface area contributed by atoms with Crippen LogP contribution in [0.1, 0.15) is 46.5 Å². The molecule has 4 aromatic rings. The van der Waals surface area contributed by atoms with E-state index in [2.05, 4.69) is 20.6 Å². The Hall–Kier alpha value is -4.30. The number of halogens is 3. The Morgan fingerprint density at radius 2 is 1.72 bits per heavy atom. The zero-order chi connectivity index (χ0) is 34.0. The number of aromatic nitrogens is 3. The first kappa shape index (κ1) is 34.0. The molecule has 0 spiro atoms. The summed E-state index contributed by atoms with van der Waals surface area (Å²) >= 11 is 6.55. The first-order valence-electron chi connectivity index (χ1n) is 15.0. The van der Waals surface area contributed by atoms with Crippen LogP contribution >= 0.6 is 11.6 Å². The number of fused-ring (bicyclic) bond motifs is 1. The highest BCUT2D eigenvalue weighted by Crippen LogP contribution is 2.36. The second-order valence-electron chi connectivity index (χ2n) is 12.3. The SMILES string of the molecule is CC(C)(C)OC(=O)NCC(F)(F)C(=O)N[C@H]1CCC[C@@H](Nc2ncc(Cl)c(-c3cn(S(=O)(=O)c4ccccc4)c4ccccc34)n2)C1. The Kier molecular flexibility index (Phi) is 9.73. The van der Waals surface area contributed by atoms with Gasteiger partial charge in [0.1, 0.15) is 5.60 Å². The van der Waals surface area contributed by atoms with Gasteiger partial charge in [-0.3, -0.25) is 4.79 Å². The van der Waals surface area contributed by atoms with Crippen molar-refractivity contribution in [1.82, 2.24) is 24.6 Å². The van der Waals surface area contributed by atoms with Gasteiger partial charge >= 0.3 is 12.0 Å². The number of benzene rings is 2. The number of ether oxygens (including phenoxy) is 1. The van der Waals surface area contributed by atoms with Gasteiger partial charge < -0.3 is 20.7 Å². The molecule has 1 aliphatic carbocycles. The maximum absolute atomic E-state index is 14.6. The zero-order valence-electron chi connectivity index (χ0n) is 26.0. The lowest BCUT2D eigenvalue weighted by atomic mass is 9.91. The maximum atomic E-state index is 14.6. The summed E-state index contributed by atoms with van der Waals surface area (Å²) in [4.78, 5) is 33.3. The number of nitrogens with zero attached hydrogens (tertiary/aromatic N) is 3. The van der Waals surface area contributed by atoms with Crippen molar-refractivity contribution in [3.05, 3.63) is 72.0 Å². The molecule has 0 saturated heterocycles. The molecule has 1 aliphatic rings. The molecule has 2 atom stereocenters. The minimum absolute atomic E-state index is 0.124. The number of carbonyl (C=O) groups is 2. The van der Waals surface area contributed by atoms with Crippen molar-refractivity contribution in [3.8, 4) is 11.3 Å². The first-order chi connectivity index (χ1) is 22.1. The van der Waals surface area contributed by atoms with Crippen LogP contribution in [0.2, 0.25) is 5.02 Å². The lowest BCUT2D eigenvalue weighted by Crippen LogP contribution is -2.52. The standard InChI is InChI=1S/C32H35ClF2N6O5S/c1-31(2,3)46-30(43)37-19-32(34,35)28(42)38-20-10-9-11-21(16-20)39-29-36-17-25(33)27(40-29)24-18-41(26-15-8-7-14-23(24)26)47(44,45)22-12-5-4-6-13-22/h4-8,12-15,17-18,20-21H,9-11,16,19H2,1-3H3,(H,37,43)(H,38,42)(H,36,39,40)/t20-,21+/m0/s1. The monoisotopic (exact) mass is 688 g/mol. The minimum atomic E-state index is -3.94. The van der Waals surface area contributed by atoms with Crippen LogP contribution in [0.25, 0.3) is 22.2 Å². The van der Waals surface area contributed by atoms with Gasteiger partial charge in [0.15, 0.2) is 0 Å². The number of alkyl halides is 2. The molecule has 0 aliphatic heterocycles. The number of carbonyl (C=O) groups excluding carboxylic acids is 2. The van der Waals surface area contributed by atoms with Gasteiger partial charge in [0.25, 0.3) is 15.9 Å². The molecule has 2 aromatic carbocycles. The van der Waals surface area contributed by atoms with Crippen LogP contribution in [0.15, 0.2) is 71.9 Å². The first-order valence-corrected chi connectivity index (χ1v) is 16.8. The fourth-order valence-electron chi connectivity index (χ4n) is 5.37. The van der Waals surface area contributed by atoms with Crippen molar-refractivity contribution >= 4 is 50.5 Å². The van der Waals surface area contributed by atoms with Crippen LogP contribution in [0.4, 0.5) is 19.5 Å². The number of nitrogens with one attached hydrogen (secondary N) is 3. The van der Waals surface area contributed by atoms with Gasteiger partial charge in [0.2, 0.25) is 5.95 Å². The predicted molar refractivity (Wildman–Crippen MR) is 174 cm³/mol. The molecule has 2 aromatic heterocycles. The molecule has 15 heteroatoms. The van der Waals surface area contributed by atoms with Crippen molar-refractivity contribution in [1.29, 1.82) is 0 Å². The minimum Gasteiger partial charge on any atom is -0.444 e. The normalized spacial score (nSPS) is 17.2. The summed E-state index contributed by atoms with van der Waals surface area (Å²) in [5.41, 5.74) is 0.355. The van der Waals surface area contributed by atoms with Crippen LogP contribution in [0.5, 0.6) is 0 Å². The molecular formula is C32H35ClF2N6O5S. The molecule has 0 bridgehead atoms. The van der Waals surface area contributed by atoms with E-state index in [-0.39, 0.29) is 21.9 Å². The zero-order valence-corrected chi connectivity index (χ0v) is 27.5. The van der Waals surface area contributed by atoms with Crippen molar-refractivity contribution < 1.29 is 31.5 Å². The van der Waals surface area contributed by atoms with E-state index in [9.17, 15) is 26.8 Å². The van der Waals surface area contributed by atoms with Crippen LogP contribution in [0, 0.1) is 0 Å².